The van der Waals surface area contributed by atoms with Crippen LogP contribution in [0.25, 0.3) is 0 Å². The van der Waals surface area contributed by atoms with E-state index in [9.17, 15) is 14.4 Å². The van der Waals surface area contributed by atoms with E-state index in [-0.39, 0.29) is 23.6 Å². The smallest absolute Gasteiger partial charge is 0.246 e. The molecule has 0 aromatic heterocycles. The quantitative estimate of drug-likeness (QED) is 0.574. The molecule has 3 amide bonds. The predicted octanol–water partition coefficient (Wildman–Crippen LogP) is 3.27. The summed E-state index contributed by atoms with van der Waals surface area (Å²) in [7, 11) is 0. The Morgan fingerprint density at radius 3 is 2.00 bits per heavy atom. The molecule has 0 heterocycles. The van der Waals surface area contributed by atoms with Crippen LogP contribution < -0.4 is 16.0 Å². The molecule has 0 aliphatic heterocycles. The van der Waals surface area contributed by atoms with Gasteiger partial charge in [-0.2, -0.15) is 0 Å². The average molecular weight is 390 g/mol. The maximum Gasteiger partial charge on any atom is 0.246 e. The van der Waals surface area contributed by atoms with Crippen LogP contribution in [-0.4, -0.2) is 29.8 Å². The molecule has 1 aromatic rings. The van der Waals surface area contributed by atoms with E-state index in [1.54, 1.807) is 6.92 Å². The van der Waals surface area contributed by atoms with Crippen LogP contribution in [0, 0.1) is 11.8 Å². The molecule has 3 N–H and O–H groups in total. The highest BCUT2D eigenvalue weighted by Crippen LogP contribution is 2.13. The minimum Gasteiger partial charge on any atom is -0.344 e. The molecule has 0 fully saturated rings. The molecule has 0 spiro atoms. The van der Waals surface area contributed by atoms with E-state index in [0.29, 0.717) is 24.4 Å². The number of amides is 3. The zero-order valence-corrected chi connectivity index (χ0v) is 18.0. The molecule has 156 valence electrons. The van der Waals surface area contributed by atoms with Crippen molar-refractivity contribution < 1.29 is 14.4 Å². The van der Waals surface area contributed by atoms with Crippen LogP contribution in [0.4, 0.5) is 5.69 Å². The van der Waals surface area contributed by atoms with Crippen LogP contribution >= 0.6 is 0 Å². The van der Waals surface area contributed by atoms with E-state index in [1.807, 2.05) is 45.0 Å². The molecular formula is C22H35N3O3. The predicted molar refractivity (Wildman–Crippen MR) is 113 cm³/mol. The van der Waals surface area contributed by atoms with Crippen molar-refractivity contribution in [3.63, 3.8) is 0 Å². The summed E-state index contributed by atoms with van der Waals surface area (Å²) in [6.07, 6.45) is 2.08. The number of nitrogens with one attached hydrogen (secondary N) is 3. The van der Waals surface area contributed by atoms with Crippen molar-refractivity contribution in [1.82, 2.24) is 10.6 Å². The molecule has 1 rings (SSSR count). The van der Waals surface area contributed by atoms with Crippen molar-refractivity contribution in [2.24, 2.45) is 11.8 Å². The lowest BCUT2D eigenvalue weighted by atomic mass is 10.0. The van der Waals surface area contributed by atoms with Gasteiger partial charge in [-0.15, -0.1) is 0 Å². The summed E-state index contributed by atoms with van der Waals surface area (Å²) in [5.74, 6) is -0.316. The van der Waals surface area contributed by atoms with Gasteiger partial charge in [0.1, 0.15) is 12.1 Å². The van der Waals surface area contributed by atoms with E-state index in [4.69, 9.17) is 0 Å². The number of hydrogen-bond acceptors (Lipinski definition) is 3. The normalized spacial score (nSPS) is 13.1. The van der Waals surface area contributed by atoms with Gasteiger partial charge in [0.05, 0.1) is 0 Å². The van der Waals surface area contributed by atoms with E-state index in [0.717, 1.165) is 6.42 Å². The monoisotopic (exact) mass is 389 g/mol. The Labute approximate surface area is 168 Å². The molecule has 6 heteroatoms. The lowest BCUT2D eigenvalue weighted by Crippen LogP contribution is -2.53. The maximum absolute atomic E-state index is 12.5. The van der Waals surface area contributed by atoms with Crippen LogP contribution in [0.1, 0.15) is 59.9 Å². The Kier molecular flexibility index (Phi) is 9.69. The molecular weight excluding hydrogens is 354 g/mol. The minimum atomic E-state index is -0.716. The number of carbonyl (C=O) groups excluding carboxylic acids is 3. The van der Waals surface area contributed by atoms with E-state index in [1.165, 1.54) is 5.56 Å². The van der Waals surface area contributed by atoms with Gasteiger partial charge in [0.2, 0.25) is 17.7 Å². The van der Waals surface area contributed by atoms with Gasteiger partial charge in [-0.3, -0.25) is 14.4 Å². The number of anilines is 1. The van der Waals surface area contributed by atoms with Crippen molar-refractivity contribution in [2.45, 2.75) is 72.9 Å². The van der Waals surface area contributed by atoms with Crippen LogP contribution in [-0.2, 0) is 20.8 Å². The third-order valence-electron chi connectivity index (χ3n) is 4.36. The van der Waals surface area contributed by atoms with Crippen molar-refractivity contribution in [1.29, 1.82) is 0 Å². The van der Waals surface area contributed by atoms with Gasteiger partial charge in [-0.05, 0) is 49.3 Å². The second-order valence-electron chi connectivity index (χ2n) is 8.05. The molecule has 0 radical (unpaired) electrons. The molecule has 0 saturated heterocycles. The van der Waals surface area contributed by atoms with Crippen LogP contribution in [0.2, 0.25) is 0 Å². The van der Waals surface area contributed by atoms with Crippen LogP contribution in [0.3, 0.4) is 0 Å². The standard InChI is InChI=1S/C22H35N3O3/c1-7-8-19(26)25-20(15(4)5)22(28)23-16(6)21(27)24-18-11-9-17(10-12-18)13-14(2)3/h9-12,14-16,20H,7-8,13H2,1-6H3,(H,23,28)(H,24,27)(H,25,26)/t16-,20?/m0/s1. The number of carbonyl (C=O) groups is 3. The first-order valence-corrected chi connectivity index (χ1v) is 10.1. The van der Waals surface area contributed by atoms with Gasteiger partial charge in [0.25, 0.3) is 0 Å². The highest BCUT2D eigenvalue weighted by molar-refractivity contribution is 5.98. The third-order valence-corrected chi connectivity index (χ3v) is 4.36. The fraction of sp³-hybridized carbons (Fsp3) is 0.591. The average Bonchev–Trinajstić information content (AvgIpc) is 2.60. The van der Waals surface area contributed by atoms with E-state index >= 15 is 0 Å². The summed E-state index contributed by atoms with van der Waals surface area (Å²) in [6, 6.07) is 6.35. The van der Waals surface area contributed by atoms with Gasteiger partial charge >= 0.3 is 0 Å². The Balaban J connectivity index is 2.64. The summed E-state index contributed by atoms with van der Waals surface area (Å²) in [4.78, 5) is 36.8. The number of hydrogen-bond donors (Lipinski definition) is 3. The van der Waals surface area contributed by atoms with Gasteiger partial charge < -0.3 is 16.0 Å². The lowest BCUT2D eigenvalue weighted by Gasteiger charge is -2.23. The zero-order valence-electron chi connectivity index (χ0n) is 18.0. The van der Waals surface area contributed by atoms with Gasteiger partial charge in [-0.25, -0.2) is 0 Å². The molecule has 0 bridgehead atoms. The summed E-state index contributed by atoms with van der Waals surface area (Å²) in [6.45, 7) is 11.6. The highest BCUT2D eigenvalue weighted by Gasteiger charge is 2.26. The minimum absolute atomic E-state index is 0.0791. The van der Waals surface area contributed by atoms with Gasteiger partial charge in [-0.1, -0.05) is 46.8 Å². The summed E-state index contributed by atoms with van der Waals surface area (Å²) >= 11 is 0. The Hall–Kier alpha value is -2.37. The largest absolute Gasteiger partial charge is 0.344 e. The van der Waals surface area contributed by atoms with Gasteiger partial charge in [0, 0.05) is 12.1 Å². The highest BCUT2D eigenvalue weighted by atomic mass is 16.2. The summed E-state index contributed by atoms with van der Waals surface area (Å²) < 4.78 is 0. The molecule has 0 aliphatic carbocycles. The van der Waals surface area contributed by atoms with Gasteiger partial charge in [0.15, 0.2) is 0 Å². The SMILES string of the molecule is CCCC(=O)NC(C(=O)N[C@@H](C)C(=O)Nc1ccc(CC(C)C)cc1)C(C)C. The number of rotatable bonds is 10. The first-order valence-electron chi connectivity index (χ1n) is 10.1. The molecule has 1 aromatic carbocycles. The fourth-order valence-corrected chi connectivity index (χ4v) is 2.82. The van der Waals surface area contributed by atoms with E-state index in [2.05, 4.69) is 29.8 Å². The summed E-state index contributed by atoms with van der Waals surface area (Å²) in [5, 5.41) is 8.27. The second-order valence-corrected chi connectivity index (χ2v) is 8.05. The van der Waals surface area contributed by atoms with Crippen LogP contribution in [0.15, 0.2) is 24.3 Å². The Morgan fingerprint density at radius 1 is 0.893 bits per heavy atom. The van der Waals surface area contributed by atoms with Crippen LogP contribution in [0.5, 0.6) is 0 Å². The zero-order chi connectivity index (χ0) is 21.3. The summed E-state index contributed by atoms with van der Waals surface area (Å²) in [5.41, 5.74) is 1.91. The molecule has 1 unspecified atom stereocenters. The lowest BCUT2D eigenvalue weighted by molar-refractivity contribution is -0.131. The maximum atomic E-state index is 12.5. The Morgan fingerprint density at radius 2 is 1.50 bits per heavy atom. The van der Waals surface area contributed by atoms with Crippen molar-refractivity contribution in [2.75, 3.05) is 5.32 Å². The van der Waals surface area contributed by atoms with E-state index < -0.39 is 12.1 Å². The van der Waals surface area contributed by atoms with Crippen molar-refractivity contribution in [3.8, 4) is 0 Å². The molecule has 6 nitrogen and oxygen atoms in total. The molecule has 28 heavy (non-hydrogen) atoms. The Bertz CT molecular complexity index is 653. The first-order chi connectivity index (χ1) is 13.1. The van der Waals surface area contributed by atoms with Crippen molar-refractivity contribution in [3.05, 3.63) is 29.8 Å². The topological polar surface area (TPSA) is 87.3 Å². The molecule has 0 saturated carbocycles. The molecule has 2 atom stereocenters. The second kappa shape index (κ2) is 11.5. The first kappa shape index (κ1) is 23.7. The third kappa shape index (κ3) is 8.11. The fourth-order valence-electron chi connectivity index (χ4n) is 2.82. The molecule has 0 aliphatic rings. The number of benzene rings is 1. The van der Waals surface area contributed by atoms with Crippen molar-refractivity contribution >= 4 is 23.4 Å².